The van der Waals surface area contributed by atoms with Crippen LogP contribution in [0.5, 0.6) is 11.5 Å². The number of aryl methyl sites for hydroxylation is 7. The standard InChI is InChI=1S/C27H20.C21H20O.C19H16.C10H7.C7H6Cl2O.2C7H6Cl2.C7H7.C6H5.2BrH.3ClH.3Mg.Ni.2H4P2.H/c1-19-16-17-22(25-14-6-10-20-8-2-4-12-23(20)25)18-27(19)26-15-7-11-21-9-3-5-13-24(21)26;1-15-9-4-6-11-17(15)19-13-8-14-20(21(19)22-3)18-12-7-5-10-16(18)2;1-15-12-13-18(16-8-4-2-5-9-16)14-19(15)17-10-6-3-7-11-17;1-2-6-10-8-4-3-7-9(10)5-1;1-10-7-5(8)3-2-4-6(7)9;2*1-5-2-3-6(8)4-7(5)9;1-7-5-3-2-4-6-7;1-2-4-6-5-3-1;;;;;;;;;;2*1-2;/h2-18H,1H3;4-14H,1-3H3;2-14H,1H3;1-7H;2-4H,1H3;2*2-4H,1H3;2-5H,1H3;1-5H;5*1H;;;;;2*1-2H2;/q;;;-1;;;;2*-1;;;;;;4*+2;;;/p-5/i;;;;;;;;;;;;;;;;;;1T;;1+2. The van der Waals surface area contributed by atoms with E-state index in [9.17, 15) is 0 Å². The Balaban J connectivity index is 0.000000769. The molecule has 18 rings (SSSR count). The molecule has 0 radical (unpaired) electrons. The van der Waals surface area contributed by atoms with Gasteiger partial charge in [-0.1, -0.05) is 343 Å². The summed E-state index contributed by atoms with van der Waals surface area (Å²) in [6, 6.07) is 145. The average Bonchev–Trinajstić information content (AvgIpc) is 0.751. The Labute approximate surface area is 912 Å². The number of halogens is 11. The van der Waals surface area contributed by atoms with E-state index in [2.05, 4.69) is 368 Å². The van der Waals surface area contributed by atoms with Crippen molar-refractivity contribution in [3.05, 3.63) is 488 Å². The number of methoxy groups -OCH3 is 2. The van der Waals surface area contributed by atoms with E-state index in [0.717, 1.165) is 38.0 Å². The van der Waals surface area contributed by atoms with Gasteiger partial charge < -0.3 is 46.7 Å². The molecule has 0 saturated heterocycles. The maximum absolute atomic E-state index is 6.46. The minimum atomic E-state index is -0.583. The SMILES string of the molecule is COc1c(-c2ccccc2C)cccc1-c1ccccc1C.COc1c(Cl)cccc1Cl.Cc1[c-]cccc1.Cc1ccc(-c2cccc3ccccc23)cc1-c1cccc2ccccc12.Cc1ccc(-c2ccccc2)cc1-c1ccccc1.Cc1ccc(Cl)cc1Cl.Cc1ccc(Cl)cc1Cl.PP.[3H]PP.[3H][Ni]([Br])[Br].[Cl-].[Cl-].[Cl-].[Mg+2].[Mg+2].[Mg+2].[c-]1cccc2ccccc12.[c-]1ccccc1. The van der Waals surface area contributed by atoms with Crippen molar-refractivity contribution in [2.75, 3.05) is 14.2 Å². The topological polar surface area (TPSA) is 18.5 Å². The van der Waals surface area contributed by atoms with Crippen molar-refractivity contribution in [3.8, 4) is 78.3 Å². The quantitative estimate of drug-likeness (QED) is 0.0858. The summed E-state index contributed by atoms with van der Waals surface area (Å²) in [7, 11) is 9.89. The summed E-state index contributed by atoms with van der Waals surface area (Å²) in [5, 5.41) is 11.5. The van der Waals surface area contributed by atoms with Crippen LogP contribution in [0.1, 0.15) is 38.9 Å². The minimum Gasteiger partial charge on any atom is -1.00 e. The van der Waals surface area contributed by atoms with E-state index in [1.165, 1.54) is 123 Å². The molecular formula is C111H102Br2Cl9Mg3NiO2P4. The molecule has 0 N–H and O–H groups in total. The van der Waals surface area contributed by atoms with Crippen LogP contribution in [0.4, 0.5) is 0 Å². The van der Waals surface area contributed by atoms with Crippen molar-refractivity contribution in [1.82, 2.24) is 0 Å². The van der Waals surface area contributed by atoms with Gasteiger partial charge in [0.2, 0.25) is 0 Å². The zero-order chi connectivity index (χ0) is 92.5. The Kier molecular flexibility index (Phi) is 64.8. The molecule has 21 heteroatoms. The van der Waals surface area contributed by atoms with E-state index < -0.39 is 10.8 Å². The zero-order valence-electron chi connectivity index (χ0n) is 76.7. The van der Waals surface area contributed by atoms with Crippen molar-refractivity contribution < 1.29 is 57.5 Å². The predicted molar refractivity (Wildman–Crippen MR) is 591 cm³/mol. The van der Waals surface area contributed by atoms with Crippen LogP contribution in [0, 0.1) is 66.7 Å². The van der Waals surface area contributed by atoms with E-state index in [1.807, 2.05) is 124 Å². The summed E-state index contributed by atoms with van der Waals surface area (Å²) in [5.41, 5.74) is 23.4. The molecule has 4 atom stereocenters. The Morgan fingerprint density at radius 2 is 0.636 bits per heavy atom. The molecule has 0 fully saturated rings. The smallest absolute Gasteiger partial charge is 1.00 e. The molecular weight excluding hydrogens is 2100 g/mol. The zero-order valence-corrected chi connectivity index (χ0v) is 94.4. The van der Waals surface area contributed by atoms with E-state index in [-0.39, 0.29) is 115 Å². The second-order valence-corrected chi connectivity index (χ2v) is 35.3. The van der Waals surface area contributed by atoms with Gasteiger partial charge in [-0.25, -0.2) is 0 Å². The van der Waals surface area contributed by atoms with Gasteiger partial charge in [-0.3, -0.25) is 0 Å². The second-order valence-electron chi connectivity index (χ2n) is 27.8. The largest absolute Gasteiger partial charge is 2.00 e. The number of ether oxygens (including phenoxy) is 2. The number of rotatable bonds is 8. The fraction of sp³-hybridized carbons (Fsp3) is 0.0811. The third kappa shape index (κ3) is 41.2. The van der Waals surface area contributed by atoms with Gasteiger partial charge in [0.15, 0.2) is 5.75 Å². The van der Waals surface area contributed by atoms with Gasteiger partial charge in [0.1, 0.15) is 5.75 Å². The molecule has 2 nitrogen and oxygen atoms in total. The van der Waals surface area contributed by atoms with Crippen LogP contribution in [0.15, 0.2) is 400 Å². The molecule has 0 bridgehead atoms. The van der Waals surface area contributed by atoms with Crippen molar-refractivity contribution in [2.24, 2.45) is 0 Å². The third-order valence-electron chi connectivity index (χ3n) is 19.4. The summed E-state index contributed by atoms with van der Waals surface area (Å²) in [6.07, 6.45) is 0. The molecule has 0 heterocycles. The van der Waals surface area contributed by atoms with Crippen LogP contribution >= 0.6 is 134 Å². The van der Waals surface area contributed by atoms with E-state index in [4.69, 9.17) is 81.3 Å². The van der Waals surface area contributed by atoms with Gasteiger partial charge in [-0.15, -0.1) is 82.8 Å². The van der Waals surface area contributed by atoms with Crippen LogP contribution in [0.25, 0.3) is 99.1 Å². The van der Waals surface area contributed by atoms with Crippen LogP contribution in [0.3, 0.4) is 0 Å². The number of hydrogen-bond donors (Lipinski definition) is 0. The van der Waals surface area contributed by atoms with Crippen LogP contribution in [-0.2, 0) is 10.8 Å². The van der Waals surface area contributed by atoms with Gasteiger partial charge >= 0.3 is 109 Å². The van der Waals surface area contributed by atoms with E-state index in [1.54, 1.807) is 37.4 Å². The fourth-order valence-electron chi connectivity index (χ4n) is 13.0. The maximum Gasteiger partial charge on any atom is 2.00 e. The molecule has 4 unspecified atom stereocenters. The Hall–Kier alpha value is -5.58. The molecule has 0 saturated carbocycles. The summed E-state index contributed by atoms with van der Waals surface area (Å²) in [4.78, 5) is 0. The van der Waals surface area contributed by atoms with Crippen LogP contribution in [0.2, 0.25) is 30.1 Å². The third-order valence-corrected chi connectivity index (χ3v) is 21.3. The van der Waals surface area contributed by atoms with Crippen LogP contribution < -0.4 is 46.7 Å². The first kappa shape index (κ1) is 121. The van der Waals surface area contributed by atoms with Crippen molar-refractivity contribution >= 4 is 235 Å². The Bertz CT molecular complexity index is 6130. The Morgan fingerprint density at radius 3 is 1.07 bits per heavy atom. The molecule has 0 amide bonds. The minimum absolute atomic E-state index is 0. The second kappa shape index (κ2) is 71.0. The first-order valence-electron chi connectivity index (χ1n) is 40.7. The number of hydrogen-bond acceptors (Lipinski definition) is 2. The summed E-state index contributed by atoms with van der Waals surface area (Å²) >= 11 is 40.0. The van der Waals surface area contributed by atoms with Gasteiger partial charge in [0.05, 0.1) is 25.5 Å². The molecule has 0 aliphatic rings. The number of fused-ring (bicyclic) bond motifs is 3. The van der Waals surface area contributed by atoms with E-state index >= 15 is 0 Å². The number of para-hydroxylation sites is 2. The Morgan fingerprint density at radius 1 is 0.288 bits per heavy atom. The number of benzene rings is 18. The van der Waals surface area contributed by atoms with Gasteiger partial charge in [0, 0.05) is 31.2 Å². The predicted octanol–water partition coefficient (Wildman–Crippen LogP) is 26.7. The molecule has 18 aromatic carbocycles. The maximum atomic E-state index is 6.46. The monoisotopic (exact) mass is 2200 g/mol. The molecule has 0 spiro atoms. The van der Waals surface area contributed by atoms with Crippen molar-refractivity contribution in [3.63, 3.8) is 0 Å². The molecule has 0 aliphatic carbocycles. The molecule has 0 aromatic heterocycles. The normalized spacial score (nSPS) is 9.77. The van der Waals surface area contributed by atoms with Crippen LogP contribution in [-0.4, -0.2) is 85.6 Å². The summed E-state index contributed by atoms with van der Waals surface area (Å²) < 4.78 is 23.4. The van der Waals surface area contributed by atoms with Gasteiger partial charge in [-0.2, -0.15) is 72.3 Å². The summed E-state index contributed by atoms with van der Waals surface area (Å²) in [5.74, 6) is 1.47. The van der Waals surface area contributed by atoms with Crippen molar-refractivity contribution in [2.45, 2.75) is 48.5 Å². The van der Waals surface area contributed by atoms with E-state index in [0.29, 0.717) is 25.8 Å². The molecule has 671 valence electrons. The first-order chi connectivity index (χ1) is 62.0. The molecule has 132 heavy (non-hydrogen) atoms. The molecule has 0 aliphatic heterocycles. The van der Waals surface area contributed by atoms with Gasteiger partial charge in [0.25, 0.3) is 0 Å². The summed E-state index contributed by atoms with van der Waals surface area (Å²) in [6.45, 7) is 14.5. The first-order valence-corrected chi connectivity index (χ1v) is 52.0. The van der Waals surface area contributed by atoms with Crippen molar-refractivity contribution in [1.29, 1.82) is 2.26 Å². The molecule has 18 aromatic rings. The van der Waals surface area contributed by atoms with Gasteiger partial charge in [-0.05, 0) is 201 Å². The fourth-order valence-corrected chi connectivity index (χ4v) is 14.4. The average molecular weight is 2210 g/mol.